The van der Waals surface area contributed by atoms with Crippen molar-refractivity contribution < 1.29 is 10.0 Å². The van der Waals surface area contributed by atoms with E-state index < -0.39 is 17.1 Å². The van der Waals surface area contributed by atoms with E-state index in [1.165, 1.54) is 6.92 Å². The number of hydrogen-bond acceptors (Lipinski definition) is 3. The summed E-state index contributed by atoms with van der Waals surface area (Å²) >= 11 is 0. The van der Waals surface area contributed by atoms with E-state index in [1.54, 1.807) is 0 Å². The molecule has 1 N–H and O–H groups in total. The molecule has 0 aliphatic heterocycles. The van der Waals surface area contributed by atoms with Gasteiger partial charge in [-0.15, -0.1) is 0 Å². The maximum atomic E-state index is 10.2. The minimum absolute atomic E-state index is 0.299. The zero-order chi connectivity index (χ0) is 9.02. The van der Waals surface area contributed by atoms with Crippen molar-refractivity contribution in [3.8, 4) is 0 Å². The van der Waals surface area contributed by atoms with Crippen molar-refractivity contribution in [2.45, 2.75) is 39.3 Å². The van der Waals surface area contributed by atoms with Gasteiger partial charge >= 0.3 is 0 Å². The average Bonchev–Trinajstić information content (AvgIpc) is 1.84. The third kappa shape index (κ3) is 3.93. The van der Waals surface area contributed by atoms with Gasteiger partial charge in [0.15, 0.2) is 0 Å². The van der Waals surface area contributed by atoms with E-state index in [1.807, 2.05) is 13.8 Å². The summed E-state index contributed by atoms with van der Waals surface area (Å²) < 4.78 is 0. The Bertz CT molecular complexity index is 136. The topological polar surface area (TPSA) is 63.4 Å². The molecule has 4 nitrogen and oxygen atoms in total. The minimum atomic E-state index is -0.850. The van der Waals surface area contributed by atoms with Crippen LogP contribution in [0.25, 0.3) is 0 Å². The van der Waals surface area contributed by atoms with Gasteiger partial charge in [0.25, 0.3) is 0 Å². The molecule has 0 amide bonds. The van der Waals surface area contributed by atoms with Gasteiger partial charge in [0.2, 0.25) is 6.04 Å². The smallest absolute Gasteiger partial charge is 0.235 e. The van der Waals surface area contributed by atoms with Crippen LogP contribution in [0.2, 0.25) is 0 Å². The molecule has 0 radical (unpaired) electrons. The lowest BCUT2D eigenvalue weighted by atomic mass is 10.0. The number of aliphatic hydroxyl groups excluding tert-OH is 1. The van der Waals surface area contributed by atoms with E-state index in [4.69, 9.17) is 0 Å². The predicted octanol–water partition coefficient (Wildman–Crippen LogP) is 1.06. The van der Waals surface area contributed by atoms with Crippen molar-refractivity contribution in [2.24, 2.45) is 5.92 Å². The molecule has 11 heavy (non-hydrogen) atoms. The van der Waals surface area contributed by atoms with Gasteiger partial charge < -0.3 is 5.11 Å². The molecule has 66 valence electrons. The minimum Gasteiger partial charge on any atom is -0.386 e. The second-order valence-electron chi connectivity index (χ2n) is 3.22. The summed E-state index contributed by atoms with van der Waals surface area (Å²) in [5.74, 6) is 0.299. The maximum absolute atomic E-state index is 10.2. The summed E-state index contributed by atoms with van der Waals surface area (Å²) in [6.07, 6.45) is -0.327. The maximum Gasteiger partial charge on any atom is 0.235 e. The van der Waals surface area contributed by atoms with E-state index in [0.29, 0.717) is 12.3 Å². The summed E-state index contributed by atoms with van der Waals surface area (Å²) in [6.45, 7) is 5.28. The monoisotopic (exact) mass is 161 g/mol. The largest absolute Gasteiger partial charge is 0.386 e. The summed E-state index contributed by atoms with van der Waals surface area (Å²) in [5, 5.41) is 19.4. The van der Waals surface area contributed by atoms with Gasteiger partial charge in [0.05, 0.1) is 0 Å². The summed E-state index contributed by atoms with van der Waals surface area (Å²) in [5.41, 5.74) is 0. The molecule has 0 aromatic carbocycles. The molecule has 0 aliphatic rings. The highest BCUT2D eigenvalue weighted by Gasteiger charge is 2.24. The molecule has 2 atom stereocenters. The van der Waals surface area contributed by atoms with Gasteiger partial charge in [-0.05, 0) is 12.3 Å². The molecule has 4 heteroatoms. The summed E-state index contributed by atoms with van der Waals surface area (Å²) in [4.78, 5) is 9.72. The van der Waals surface area contributed by atoms with Crippen LogP contribution in [0, 0.1) is 16.0 Å². The van der Waals surface area contributed by atoms with E-state index >= 15 is 0 Å². The molecule has 0 bridgehead atoms. The first-order valence-corrected chi connectivity index (χ1v) is 3.76. The molecule has 0 saturated heterocycles. The SMILES string of the molecule is CC(C)C[C@H](O)[C@@H](C)[N+](=O)[O-]. The Morgan fingerprint density at radius 2 is 1.91 bits per heavy atom. The van der Waals surface area contributed by atoms with Crippen LogP contribution >= 0.6 is 0 Å². The molecule has 0 saturated carbocycles. The van der Waals surface area contributed by atoms with Crippen molar-refractivity contribution >= 4 is 0 Å². The van der Waals surface area contributed by atoms with E-state index in [0.717, 1.165) is 0 Å². The highest BCUT2D eigenvalue weighted by atomic mass is 16.6. The molecule has 0 fully saturated rings. The molecule has 0 unspecified atom stereocenters. The lowest BCUT2D eigenvalue weighted by molar-refractivity contribution is -0.530. The number of aliphatic hydroxyl groups is 1. The molecule has 0 heterocycles. The molecule has 0 aromatic heterocycles. The Balaban J connectivity index is 3.82. The zero-order valence-corrected chi connectivity index (χ0v) is 7.15. The Morgan fingerprint density at radius 1 is 1.45 bits per heavy atom. The van der Waals surface area contributed by atoms with E-state index in [2.05, 4.69) is 0 Å². The van der Waals surface area contributed by atoms with Crippen LogP contribution in [0.15, 0.2) is 0 Å². The Kier molecular flexibility index (Phi) is 4.03. The zero-order valence-electron chi connectivity index (χ0n) is 7.15. The highest BCUT2D eigenvalue weighted by Crippen LogP contribution is 2.09. The molecule has 0 aromatic rings. The molecule has 0 spiro atoms. The van der Waals surface area contributed by atoms with Crippen LogP contribution in [0.4, 0.5) is 0 Å². The Hall–Kier alpha value is -0.640. The standard InChI is InChI=1S/C7H15NO3/c1-5(2)4-7(9)6(3)8(10)11/h5-7,9H,4H2,1-3H3/t6-,7+/m1/s1. The van der Waals surface area contributed by atoms with Crippen molar-refractivity contribution in [3.63, 3.8) is 0 Å². The first kappa shape index (κ1) is 10.4. The molecular weight excluding hydrogens is 146 g/mol. The lowest BCUT2D eigenvalue weighted by Crippen LogP contribution is -2.31. The first-order valence-electron chi connectivity index (χ1n) is 3.76. The summed E-state index contributed by atoms with van der Waals surface area (Å²) in [6, 6.07) is -0.850. The fourth-order valence-corrected chi connectivity index (χ4v) is 0.820. The van der Waals surface area contributed by atoms with Crippen LogP contribution in [-0.2, 0) is 0 Å². The predicted molar refractivity (Wildman–Crippen MR) is 41.9 cm³/mol. The quantitative estimate of drug-likeness (QED) is 0.495. The fourth-order valence-electron chi connectivity index (χ4n) is 0.820. The van der Waals surface area contributed by atoms with Gasteiger partial charge in [-0.25, -0.2) is 0 Å². The van der Waals surface area contributed by atoms with Crippen molar-refractivity contribution in [1.82, 2.24) is 0 Å². The van der Waals surface area contributed by atoms with Gasteiger partial charge in [-0.2, -0.15) is 0 Å². The van der Waals surface area contributed by atoms with E-state index in [9.17, 15) is 15.2 Å². The van der Waals surface area contributed by atoms with Crippen LogP contribution < -0.4 is 0 Å². The lowest BCUT2D eigenvalue weighted by Gasteiger charge is -2.13. The van der Waals surface area contributed by atoms with Crippen molar-refractivity contribution in [1.29, 1.82) is 0 Å². The highest BCUT2D eigenvalue weighted by molar-refractivity contribution is 4.64. The number of nitro groups is 1. The third-order valence-electron chi connectivity index (χ3n) is 1.60. The molecule has 0 aliphatic carbocycles. The van der Waals surface area contributed by atoms with Gasteiger partial charge in [0.1, 0.15) is 6.10 Å². The number of nitrogens with zero attached hydrogens (tertiary/aromatic N) is 1. The van der Waals surface area contributed by atoms with Crippen LogP contribution in [0.1, 0.15) is 27.2 Å². The van der Waals surface area contributed by atoms with Gasteiger partial charge in [-0.1, -0.05) is 13.8 Å². The molecular formula is C7H15NO3. The first-order chi connectivity index (χ1) is 4.95. The number of rotatable bonds is 4. The van der Waals surface area contributed by atoms with Crippen molar-refractivity contribution in [2.75, 3.05) is 0 Å². The average molecular weight is 161 g/mol. The fraction of sp³-hybridized carbons (Fsp3) is 1.00. The van der Waals surface area contributed by atoms with Crippen LogP contribution in [-0.4, -0.2) is 22.2 Å². The number of hydrogen-bond donors (Lipinski definition) is 1. The van der Waals surface area contributed by atoms with E-state index in [-0.39, 0.29) is 0 Å². The third-order valence-corrected chi connectivity index (χ3v) is 1.60. The summed E-state index contributed by atoms with van der Waals surface area (Å²) in [7, 11) is 0. The molecule has 0 rings (SSSR count). The van der Waals surface area contributed by atoms with Gasteiger partial charge in [-0.3, -0.25) is 10.1 Å². The van der Waals surface area contributed by atoms with Crippen molar-refractivity contribution in [3.05, 3.63) is 10.1 Å². The Labute approximate surface area is 66.4 Å². The van der Waals surface area contributed by atoms with Gasteiger partial charge in [0, 0.05) is 11.8 Å². The second-order valence-corrected chi connectivity index (χ2v) is 3.22. The van der Waals surface area contributed by atoms with Crippen LogP contribution in [0.3, 0.4) is 0 Å². The Morgan fingerprint density at radius 3 is 2.18 bits per heavy atom. The second kappa shape index (κ2) is 4.28. The normalized spacial score (nSPS) is 16.5. The van der Waals surface area contributed by atoms with Crippen LogP contribution in [0.5, 0.6) is 0 Å².